The zero-order chi connectivity index (χ0) is 42.2. The van der Waals surface area contributed by atoms with Crippen molar-refractivity contribution in [3.8, 4) is 17.1 Å². The van der Waals surface area contributed by atoms with Gasteiger partial charge in [0.1, 0.15) is 0 Å². The summed E-state index contributed by atoms with van der Waals surface area (Å²) in [6, 6.07) is 92.2. The number of hydrogen-bond acceptors (Lipinski definition) is 0. The first-order chi connectivity index (χ1) is 31.8. The highest BCUT2D eigenvalue weighted by Crippen LogP contribution is 2.41. The number of fused-ring (bicyclic) bond motifs is 9. The van der Waals surface area contributed by atoms with Crippen LogP contribution in [0.25, 0.3) is 82.5 Å². The smallest absolute Gasteiger partial charge is 0.179 e. The van der Waals surface area contributed by atoms with Crippen LogP contribution < -0.4 is 20.7 Å². The molecule has 0 saturated heterocycles. The summed E-state index contributed by atoms with van der Waals surface area (Å²) < 4.78 is 7.40. The Morgan fingerprint density at radius 2 is 0.688 bits per heavy atom. The Labute approximate surface area is 372 Å². The van der Waals surface area contributed by atoms with Crippen molar-refractivity contribution in [2.24, 2.45) is 0 Å². The number of benzene rings is 10. The predicted molar refractivity (Wildman–Crippen MR) is 273 cm³/mol. The maximum absolute atomic E-state index is 2.77. The first kappa shape index (κ1) is 36.5. The highest BCUT2D eigenvalue weighted by atomic mass is 28.3. The molecule has 0 aliphatic rings. The van der Waals surface area contributed by atoms with E-state index in [0.29, 0.717) is 0 Å². The van der Waals surface area contributed by atoms with Gasteiger partial charge in [0.2, 0.25) is 0 Å². The molecule has 13 aromatic rings. The topological polar surface area (TPSA) is 14.8 Å². The van der Waals surface area contributed by atoms with Crippen LogP contribution in [-0.4, -0.2) is 21.8 Å². The Morgan fingerprint density at radius 3 is 1.27 bits per heavy atom. The molecule has 0 aliphatic heterocycles. The van der Waals surface area contributed by atoms with Crippen molar-refractivity contribution in [2.45, 2.75) is 0 Å². The molecule has 0 saturated carbocycles. The molecule has 0 radical (unpaired) electrons. The summed E-state index contributed by atoms with van der Waals surface area (Å²) in [5.41, 5.74) is 10.6. The molecule has 13 rings (SSSR count). The average molecular weight is 832 g/mol. The SMILES string of the molecule is c1ccc(-n2c3cc(-n4c5ccccc5c5ccccc54)ccc3c3c(-n4c5ccccc5c5cc([Si](c6ccccc6)(c6ccccc6)c6ccccc6)ccc54)cccc32)cc1. The van der Waals surface area contributed by atoms with Crippen LogP contribution in [0.1, 0.15) is 0 Å². The van der Waals surface area contributed by atoms with E-state index in [1.807, 2.05) is 0 Å². The maximum Gasteiger partial charge on any atom is 0.179 e. The van der Waals surface area contributed by atoms with Gasteiger partial charge in [-0.2, -0.15) is 0 Å². The van der Waals surface area contributed by atoms with Crippen LogP contribution in [0.5, 0.6) is 0 Å². The maximum atomic E-state index is 2.53. The van der Waals surface area contributed by atoms with Crippen LogP contribution in [0.3, 0.4) is 0 Å². The third-order valence-electron chi connectivity index (χ3n) is 13.6. The molecule has 0 spiro atoms. The molecule has 0 N–H and O–H groups in total. The van der Waals surface area contributed by atoms with Gasteiger partial charge in [-0.05, 0) is 81.4 Å². The van der Waals surface area contributed by atoms with E-state index in [4.69, 9.17) is 0 Å². The predicted octanol–water partition coefficient (Wildman–Crippen LogP) is 12.4. The molecule has 3 nitrogen and oxygen atoms in total. The van der Waals surface area contributed by atoms with Crippen LogP contribution in [0.4, 0.5) is 0 Å². The van der Waals surface area contributed by atoms with Gasteiger partial charge in [-0.25, -0.2) is 0 Å². The van der Waals surface area contributed by atoms with Gasteiger partial charge in [0.25, 0.3) is 0 Å². The summed E-state index contributed by atoms with van der Waals surface area (Å²) in [6.45, 7) is 0. The van der Waals surface area contributed by atoms with E-state index in [-0.39, 0.29) is 0 Å². The van der Waals surface area contributed by atoms with Gasteiger partial charge in [0, 0.05) is 43.7 Å². The zero-order valence-electron chi connectivity index (χ0n) is 35.0. The number of rotatable bonds is 7. The summed E-state index contributed by atoms with van der Waals surface area (Å²) in [4.78, 5) is 0. The summed E-state index contributed by atoms with van der Waals surface area (Å²) in [6.07, 6.45) is 0. The fourth-order valence-corrected chi connectivity index (χ4v) is 15.7. The largest absolute Gasteiger partial charge is 0.309 e. The lowest BCUT2D eigenvalue weighted by molar-refractivity contribution is 1.15. The Hall–Kier alpha value is -8.18. The average Bonchev–Trinajstić information content (AvgIpc) is 4.01. The first-order valence-corrected chi connectivity index (χ1v) is 24.1. The van der Waals surface area contributed by atoms with Crippen molar-refractivity contribution in [3.05, 3.63) is 249 Å². The number of nitrogens with zero attached hydrogens (tertiary/aromatic N) is 3. The molecule has 64 heavy (non-hydrogen) atoms. The second-order valence-electron chi connectivity index (χ2n) is 16.8. The molecule has 0 fully saturated rings. The van der Waals surface area contributed by atoms with E-state index in [9.17, 15) is 0 Å². The Bertz CT molecular complexity index is 3730. The van der Waals surface area contributed by atoms with Crippen molar-refractivity contribution in [1.29, 1.82) is 0 Å². The summed E-state index contributed by atoms with van der Waals surface area (Å²) in [5.74, 6) is 0. The van der Waals surface area contributed by atoms with Gasteiger partial charge in [-0.3, -0.25) is 0 Å². The van der Waals surface area contributed by atoms with Crippen LogP contribution in [-0.2, 0) is 0 Å². The van der Waals surface area contributed by atoms with E-state index >= 15 is 0 Å². The molecular weight excluding hydrogens is 791 g/mol. The molecule has 0 aliphatic carbocycles. The lowest BCUT2D eigenvalue weighted by Crippen LogP contribution is -2.74. The fourth-order valence-electron chi connectivity index (χ4n) is 10.9. The van der Waals surface area contributed by atoms with Crippen molar-refractivity contribution in [3.63, 3.8) is 0 Å². The third kappa shape index (κ3) is 5.27. The molecule has 0 bridgehead atoms. The summed E-state index contributed by atoms with van der Waals surface area (Å²) >= 11 is 0. The Morgan fingerprint density at radius 1 is 0.234 bits per heavy atom. The zero-order valence-corrected chi connectivity index (χ0v) is 36.0. The molecule has 3 heterocycles. The minimum atomic E-state index is -2.77. The first-order valence-electron chi connectivity index (χ1n) is 22.1. The molecule has 300 valence electrons. The monoisotopic (exact) mass is 831 g/mol. The molecule has 10 aromatic carbocycles. The van der Waals surface area contributed by atoms with E-state index in [2.05, 4.69) is 262 Å². The van der Waals surface area contributed by atoms with Crippen LogP contribution in [0.2, 0.25) is 0 Å². The molecule has 0 atom stereocenters. The standard InChI is InChI=1S/C60H41N3Si/c1-5-20-42(21-6-1)61-57-34-19-35-58(60(57)51-38-36-43(40-59(51)61)62-53-31-16-13-28-48(53)49-29-14-17-32-54(49)62)63-55-33-18-15-30-50(55)52-41-47(37-39-56(52)63)64(44-22-7-2-8-23-44,45-24-9-3-10-25-45)46-26-11-4-12-27-46/h1-41H. The van der Waals surface area contributed by atoms with Crippen molar-refractivity contribution in [2.75, 3.05) is 0 Å². The van der Waals surface area contributed by atoms with Gasteiger partial charge < -0.3 is 13.7 Å². The third-order valence-corrected chi connectivity index (χ3v) is 18.3. The van der Waals surface area contributed by atoms with Gasteiger partial charge in [-0.15, -0.1) is 0 Å². The highest BCUT2D eigenvalue weighted by Gasteiger charge is 2.41. The van der Waals surface area contributed by atoms with E-state index in [1.54, 1.807) is 0 Å². The van der Waals surface area contributed by atoms with Gasteiger partial charge in [-0.1, -0.05) is 188 Å². The van der Waals surface area contributed by atoms with Crippen molar-refractivity contribution >= 4 is 94.2 Å². The lowest BCUT2D eigenvalue weighted by Gasteiger charge is -2.34. The second kappa shape index (κ2) is 14.5. The lowest BCUT2D eigenvalue weighted by atomic mass is 10.1. The number of hydrogen-bond donors (Lipinski definition) is 0. The van der Waals surface area contributed by atoms with Crippen LogP contribution in [0, 0.1) is 0 Å². The van der Waals surface area contributed by atoms with Crippen molar-refractivity contribution < 1.29 is 0 Å². The highest BCUT2D eigenvalue weighted by molar-refractivity contribution is 7.20. The molecule has 3 aromatic heterocycles. The molecule has 0 amide bonds. The second-order valence-corrected chi connectivity index (χ2v) is 20.7. The molecular formula is C60H41N3Si. The summed E-state index contributed by atoms with van der Waals surface area (Å²) in [7, 11) is -2.77. The van der Waals surface area contributed by atoms with Crippen LogP contribution in [0.15, 0.2) is 249 Å². The molecule has 0 unspecified atom stereocenters. The normalized spacial score (nSPS) is 12.1. The van der Waals surface area contributed by atoms with Gasteiger partial charge in [0.15, 0.2) is 8.07 Å². The minimum Gasteiger partial charge on any atom is -0.309 e. The van der Waals surface area contributed by atoms with E-state index < -0.39 is 8.07 Å². The quantitative estimate of drug-likeness (QED) is 0.112. The number of aromatic nitrogens is 3. The summed E-state index contributed by atoms with van der Waals surface area (Å²) in [5, 5.41) is 12.9. The molecule has 4 heteroatoms. The van der Waals surface area contributed by atoms with E-state index in [1.165, 1.54) is 91.9 Å². The fraction of sp³-hybridized carbons (Fsp3) is 0. The van der Waals surface area contributed by atoms with Gasteiger partial charge in [0.05, 0.1) is 38.8 Å². The number of para-hydroxylation sites is 4. The van der Waals surface area contributed by atoms with Gasteiger partial charge >= 0.3 is 0 Å². The van der Waals surface area contributed by atoms with Crippen molar-refractivity contribution in [1.82, 2.24) is 13.7 Å². The Kier molecular flexibility index (Phi) is 8.23. The van der Waals surface area contributed by atoms with Crippen LogP contribution >= 0.6 is 0 Å². The minimum absolute atomic E-state index is 1.13. The van der Waals surface area contributed by atoms with E-state index in [0.717, 1.165) is 11.4 Å². The Balaban J connectivity index is 1.10.